The largest absolute Gasteiger partial charge is 0.495 e. The smallest absolute Gasteiger partial charge is 0.228 e. The summed E-state index contributed by atoms with van der Waals surface area (Å²) in [4.78, 5) is 12.0. The van der Waals surface area contributed by atoms with Crippen LogP contribution in [0.2, 0.25) is 5.02 Å². The number of amides is 1. The third kappa shape index (κ3) is 3.75. The Morgan fingerprint density at radius 3 is 2.47 bits per heavy atom. The number of anilines is 1. The number of benzene rings is 1. The molecular formula is C13H19ClN2O3. The Morgan fingerprint density at radius 1 is 1.37 bits per heavy atom. The quantitative estimate of drug-likeness (QED) is 0.841. The predicted octanol–water partition coefficient (Wildman–Crippen LogP) is 2.28. The number of carbonyl (C=O) groups is 1. The summed E-state index contributed by atoms with van der Waals surface area (Å²) >= 11 is 6.03. The van der Waals surface area contributed by atoms with Crippen molar-refractivity contribution in [2.75, 3.05) is 26.1 Å². The Hall–Kier alpha value is -1.46. The van der Waals surface area contributed by atoms with Crippen LogP contribution in [-0.2, 0) is 4.79 Å². The van der Waals surface area contributed by atoms with Crippen molar-refractivity contribution in [1.29, 1.82) is 0 Å². The molecule has 3 N–H and O–H groups in total. The monoisotopic (exact) mass is 286 g/mol. The highest BCUT2D eigenvalue weighted by Crippen LogP contribution is 2.36. The molecule has 1 rings (SSSR count). The second-order valence-electron chi connectivity index (χ2n) is 4.02. The molecule has 0 bridgehead atoms. The van der Waals surface area contributed by atoms with Gasteiger partial charge in [0.05, 0.1) is 30.8 Å². The van der Waals surface area contributed by atoms with Gasteiger partial charge in [-0.25, -0.2) is 0 Å². The molecule has 1 aromatic carbocycles. The fraction of sp³-hybridized carbons (Fsp3) is 0.462. The van der Waals surface area contributed by atoms with E-state index in [1.165, 1.54) is 14.2 Å². The van der Waals surface area contributed by atoms with E-state index in [2.05, 4.69) is 5.32 Å². The van der Waals surface area contributed by atoms with Crippen LogP contribution in [0.25, 0.3) is 0 Å². The number of ether oxygens (including phenoxy) is 2. The van der Waals surface area contributed by atoms with E-state index in [0.29, 0.717) is 35.2 Å². The average molecular weight is 287 g/mol. The fourth-order valence-corrected chi connectivity index (χ4v) is 1.89. The van der Waals surface area contributed by atoms with Crippen molar-refractivity contribution in [3.63, 3.8) is 0 Å². The number of carbonyl (C=O) groups excluding carboxylic acids is 1. The number of nitrogens with one attached hydrogen (secondary N) is 1. The van der Waals surface area contributed by atoms with Gasteiger partial charge in [0.25, 0.3) is 0 Å². The molecule has 19 heavy (non-hydrogen) atoms. The van der Waals surface area contributed by atoms with Crippen LogP contribution in [0.3, 0.4) is 0 Å². The zero-order chi connectivity index (χ0) is 14.4. The Morgan fingerprint density at radius 2 is 2.00 bits per heavy atom. The fourth-order valence-electron chi connectivity index (χ4n) is 1.65. The van der Waals surface area contributed by atoms with Gasteiger partial charge in [-0.05, 0) is 12.5 Å². The molecular weight excluding hydrogens is 268 g/mol. The van der Waals surface area contributed by atoms with Crippen LogP contribution in [0.15, 0.2) is 12.1 Å². The molecule has 5 nitrogen and oxygen atoms in total. The Kier molecular flexibility index (Phi) is 5.92. The lowest BCUT2D eigenvalue weighted by atomic mass is 10.1. The Bertz CT molecular complexity index is 448. The second-order valence-corrected chi connectivity index (χ2v) is 4.42. The average Bonchev–Trinajstić information content (AvgIpc) is 2.40. The minimum absolute atomic E-state index is 0.149. The maximum Gasteiger partial charge on any atom is 0.228 e. The maximum absolute atomic E-state index is 12.0. The van der Waals surface area contributed by atoms with Crippen molar-refractivity contribution in [3.8, 4) is 11.5 Å². The van der Waals surface area contributed by atoms with Gasteiger partial charge < -0.3 is 20.5 Å². The first-order valence-corrected chi connectivity index (χ1v) is 6.37. The molecule has 1 atom stereocenters. The minimum Gasteiger partial charge on any atom is -0.495 e. The van der Waals surface area contributed by atoms with Gasteiger partial charge in [-0.3, -0.25) is 4.79 Å². The first-order chi connectivity index (χ1) is 9.07. The third-order valence-electron chi connectivity index (χ3n) is 2.88. The molecule has 0 saturated heterocycles. The van der Waals surface area contributed by atoms with Gasteiger partial charge in [0.2, 0.25) is 5.91 Å². The van der Waals surface area contributed by atoms with Gasteiger partial charge in [0, 0.05) is 12.6 Å². The van der Waals surface area contributed by atoms with Crippen LogP contribution < -0.4 is 20.5 Å². The Labute approximate surface area is 118 Å². The molecule has 0 aliphatic carbocycles. The van der Waals surface area contributed by atoms with E-state index >= 15 is 0 Å². The third-order valence-corrected chi connectivity index (χ3v) is 3.18. The van der Waals surface area contributed by atoms with E-state index in [0.717, 1.165) is 0 Å². The van der Waals surface area contributed by atoms with Crippen LogP contribution in [0.4, 0.5) is 5.69 Å². The summed E-state index contributed by atoms with van der Waals surface area (Å²) in [7, 11) is 3.03. The lowest BCUT2D eigenvalue weighted by Gasteiger charge is -2.16. The predicted molar refractivity (Wildman–Crippen MR) is 76.0 cm³/mol. The van der Waals surface area contributed by atoms with E-state index in [-0.39, 0.29) is 11.8 Å². The first kappa shape index (κ1) is 15.6. The zero-order valence-electron chi connectivity index (χ0n) is 11.3. The van der Waals surface area contributed by atoms with Gasteiger partial charge in [-0.1, -0.05) is 18.5 Å². The molecule has 0 heterocycles. The van der Waals surface area contributed by atoms with E-state index in [1.807, 2.05) is 6.92 Å². The van der Waals surface area contributed by atoms with Gasteiger partial charge in [0.15, 0.2) is 0 Å². The number of hydrogen-bond acceptors (Lipinski definition) is 4. The minimum atomic E-state index is -0.231. The van der Waals surface area contributed by atoms with Crippen molar-refractivity contribution in [2.24, 2.45) is 11.7 Å². The Balaban J connectivity index is 3.00. The summed E-state index contributed by atoms with van der Waals surface area (Å²) < 4.78 is 10.3. The van der Waals surface area contributed by atoms with Gasteiger partial charge in [-0.2, -0.15) is 0 Å². The summed E-state index contributed by atoms with van der Waals surface area (Å²) in [6.07, 6.45) is 0.675. The molecule has 0 saturated carbocycles. The van der Waals surface area contributed by atoms with Crippen molar-refractivity contribution in [1.82, 2.24) is 0 Å². The molecule has 1 aromatic rings. The normalized spacial score (nSPS) is 11.8. The van der Waals surface area contributed by atoms with E-state index in [4.69, 9.17) is 26.8 Å². The molecule has 106 valence electrons. The molecule has 0 aliphatic heterocycles. The topological polar surface area (TPSA) is 73.6 Å². The van der Waals surface area contributed by atoms with E-state index in [9.17, 15) is 4.79 Å². The molecule has 1 unspecified atom stereocenters. The maximum atomic E-state index is 12.0. The molecule has 0 fully saturated rings. The second kappa shape index (κ2) is 7.21. The number of hydrogen-bond donors (Lipinski definition) is 2. The molecule has 0 radical (unpaired) electrons. The lowest BCUT2D eigenvalue weighted by Crippen LogP contribution is -2.28. The van der Waals surface area contributed by atoms with Crippen molar-refractivity contribution < 1.29 is 14.3 Å². The highest BCUT2D eigenvalue weighted by Gasteiger charge is 2.17. The van der Waals surface area contributed by atoms with Crippen molar-refractivity contribution >= 4 is 23.2 Å². The lowest BCUT2D eigenvalue weighted by molar-refractivity contribution is -0.119. The number of halogens is 1. The van der Waals surface area contributed by atoms with E-state index < -0.39 is 0 Å². The molecule has 6 heteroatoms. The van der Waals surface area contributed by atoms with Crippen LogP contribution in [0.5, 0.6) is 11.5 Å². The van der Waals surface area contributed by atoms with Crippen molar-refractivity contribution in [2.45, 2.75) is 13.3 Å². The summed E-state index contributed by atoms with van der Waals surface area (Å²) in [5, 5.41) is 3.17. The van der Waals surface area contributed by atoms with E-state index in [1.54, 1.807) is 12.1 Å². The molecule has 0 aromatic heterocycles. The standard InChI is InChI=1S/C13H19ClN2O3/c1-4-8(7-15)13(17)16-10-5-9(14)11(18-2)6-12(10)19-3/h5-6,8H,4,7,15H2,1-3H3,(H,16,17). The molecule has 0 spiro atoms. The number of nitrogens with two attached hydrogens (primary N) is 1. The van der Waals surface area contributed by atoms with Crippen LogP contribution >= 0.6 is 11.6 Å². The summed E-state index contributed by atoms with van der Waals surface area (Å²) in [5.74, 6) is 0.596. The highest BCUT2D eigenvalue weighted by atomic mass is 35.5. The first-order valence-electron chi connectivity index (χ1n) is 5.99. The van der Waals surface area contributed by atoms with Gasteiger partial charge in [0.1, 0.15) is 11.5 Å². The van der Waals surface area contributed by atoms with Crippen LogP contribution in [0, 0.1) is 5.92 Å². The summed E-state index contributed by atoms with van der Waals surface area (Å²) in [6, 6.07) is 3.22. The SMILES string of the molecule is CCC(CN)C(=O)Nc1cc(Cl)c(OC)cc1OC. The molecule has 0 aliphatic rings. The van der Waals surface area contributed by atoms with Crippen LogP contribution in [0.1, 0.15) is 13.3 Å². The molecule has 1 amide bonds. The van der Waals surface area contributed by atoms with Gasteiger partial charge >= 0.3 is 0 Å². The van der Waals surface area contributed by atoms with Gasteiger partial charge in [-0.15, -0.1) is 0 Å². The zero-order valence-corrected chi connectivity index (χ0v) is 12.1. The summed E-state index contributed by atoms with van der Waals surface area (Å²) in [5.41, 5.74) is 6.05. The highest BCUT2D eigenvalue weighted by molar-refractivity contribution is 6.32. The van der Waals surface area contributed by atoms with Crippen LogP contribution in [-0.4, -0.2) is 26.7 Å². The summed E-state index contributed by atoms with van der Waals surface area (Å²) in [6.45, 7) is 2.21. The number of rotatable bonds is 6. The number of methoxy groups -OCH3 is 2. The van der Waals surface area contributed by atoms with Crippen molar-refractivity contribution in [3.05, 3.63) is 17.2 Å².